The van der Waals surface area contributed by atoms with Crippen molar-refractivity contribution in [1.82, 2.24) is 0 Å². The second kappa shape index (κ2) is 8.11. The topological polar surface area (TPSA) is 72.5 Å². The van der Waals surface area contributed by atoms with Gasteiger partial charge in [-0.15, -0.1) is 0 Å². The number of fused-ring (bicyclic) bond motifs is 1. The number of ether oxygens (including phenoxy) is 6. The zero-order chi connectivity index (χ0) is 20.4. The molecule has 7 nitrogen and oxygen atoms in total. The van der Waals surface area contributed by atoms with Gasteiger partial charge in [-0.05, 0) is 48.2 Å². The molecule has 0 amide bonds. The van der Waals surface area contributed by atoms with Crippen LogP contribution in [0, 0.1) is 11.8 Å². The first-order valence-electron chi connectivity index (χ1n) is 9.47. The van der Waals surface area contributed by atoms with E-state index >= 15 is 0 Å². The molecular weight excluding hydrogens is 376 g/mol. The predicted octanol–water partition coefficient (Wildman–Crippen LogP) is 3.02. The normalized spacial score (nSPS) is 19.8. The fourth-order valence-electron chi connectivity index (χ4n) is 3.93. The molecule has 0 N–H and O–H groups in total. The summed E-state index contributed by atoms with van der Waals surface area (Å²) in [4.78, 5) is 12.4. The number of benzene rings is 2. The number of cyclic esters (lactones) is 1. The highest BCUT2D eigenvalue weighted by molar-refractivity contribution is 5.75. The van der Waals surface area contributed by atoms with Gasteiger partial charge in [0.05, 0.1) is 33.9 Å². The Bertz CT molecular complexity index is 883. The van der Waals surface area contributed by atoms with Crippen molar-refractivity contribution in [2.75, 3.05) is 34.7 Å². The maximum absolute atomic E-state index is 12.4. The minimum Gasteiger partial charge on any atom is -0.493 e. The fraction of sp³-hybridized carbons (Fsp3) is 0.409. The molecule has 0 aromatic heterocycles. The SMILES string of the molecule is COc1cc(CC2C(=O)OCC2Cc2ccc3c(c2)OCO3)cc(OC)c1OC. The molecule has 7 heteroatoms. The van der Waals surface area contributed by atoms with Crippen LogP contribution in [0.4, 0.5) is 0 Å². The highest BCUT2D eigenvalue weighted by Crippen LogP contribution is 2.40. The van der Waals surface area contributed by atoms with Crippen LogP contribution in [0.15, 0.2) is 30.3 Å². The van der Waals surface area contributed by atoms with Crippen LogP contribution >= 0.6 is 0 Å². The van der Waals surface area contributed by atoms with Crippen LogP contribution in [0.1, 0.15) is 11.1 Å². The predicted molar refractivity (Wildman–Crippen MR) is 104 cm³/mol. The Balaban J connectivity index is 1.54. The summed E-state index contributed by atoms with van der Waals surface area (Å²) in [6.45, 7) is 0.649. The van der Waals surface area contributed by atoms with Crippen molar-refractivity contribution in [2.24, 2.45) is 11.8 Å². The molecule has 1 fully saturated rings. The summed E-state index contributed by atoms with van der Waals surface area (Å²) in [6.07, 6.45) is 1.25. The van der Waals surface area contributed by atoms with Gasteiger partial charge in [0.15, 0.2) is 23.0 Å². The van der Waals surface area contributed by atoms with Gasteiger partial charge >= 0.3 is 5.97 Å². The first-order chi connectivity index (χ1) is 14.1. The molecule has 154 valence electrons. The van der Waals surface area contributed by atoms with Crippen LogP contribution in [-0.2, 0) is 22.4 Å². The van der Waals surface area contributed by atoms with E-state index in [1.54, 1.807) is 21.3 Å². The van der Waals surface area contributed by atoms with Gasteiger partial charge in [-0.2, -0.15) is 0 Å². The van der Waals surface area contributed by atoms with Crippen molar-refractivity contribution in [3.8, 4) is 28.7 Å². The third-order valence-electron chi connectivity index (χ3n) is 5.43. The minimum atomic E-state index is -0.247. The third kappa shape index (κ3) is 3.77. The zero-order valence-electron chi connectivity index (χ0n) is 16.7. The number of carbonyl (C=O) groups excluding carboxylic acids is 1. The molecule has 2 atom stereocenters. The van der Waals surface area contributed by atoms with Crippen molar-refractivity contribution >= 4 is 5.97 Å². The molecule has 2 aromatic rings. The van der Waals surface area contributed by atoms with Crippen molar-refractivity contribution in [1.29, 1.82) is 0 Å². The van der Waals surface area contributed by atoms with Gasteiger partial charge in [0, 0.05) is 5.92 Å². The summed E-state index contributed by atoms with van der Waals surface area (Å²) < 4.78 is 32.5. The Kier molecular flexibility index (Phi) is 5.38. The van der Waals surface area contributed by atoms with E-state index in [0.29, 0.717) is 30.3 Å². The lowest BCUT2D eigenvalue weighted by Gasteiger charge is -2.18. The molecular formula is C22H24O7. The Labute approximate surface area is 169 Å². The highest BCUT2D eigenvalue weighted by Gasteiger charge is 2.37. The quantitative estimate of drug-likeness (QED) is 0.662. The Morgan fingerprint density at radius 1 is 0.862 bits per heavy atom. The molecule has 0 radical (unpaired) electrons. The monoisotopic (exact) mass is 400 g/mol. The van der Waals surface area contributed by atoms with Gasteiger partial charge in [0.2, 0.25) is 12.5 Å². The van der Waals surface area contributed by atoms with Crippen LogP contribution in [0.3, 0.4) is 0 Å². The number of carbonyl (C=O) groups is 1. The summed E-state index contributed by atoms with van der Waals surface area (Å²) >= 11 is 0. The minimum absolute atomic E-state index is 0.0713. The second-order valence-corrected chi connectivity index (χ2v) is 7.13. The molecule has 2 unspecified atom stereocenters. The maximum Gasteiger partial charge on any atom is 0.309 e. The average Bonchev–Trinajstić information content (AvgIpc) is 3.34. The summed E-state index contributed by atoms with van der Waals surface area (Å²) in [5.74, 6) is 2.82. The van der Waals surface area contributed by atoms with Crippen LogP contribution < -0.4 is 23.7 Å². The highest BCUT2D eigenvalue weighted by atomic mass is 16.7. The van der Waals surface area contributed by atoms with Crippen molar-refractivity contribution < 1.29 is 33.2 Å². The standard InChI is InChI=1S/C22H24O7/c1-24-19-9-14(10-20(25-2)21(19)26-3)7-16-15(11-27-22(16)23)6-13-4-5-17-18(8-13)29-12-28-17/h4-5,8-10,15-16H,6-7,11-12H2,1-3H3. The lowest BCUT2D eigenvalue weighted by Crippen LogP contribution is -2.20. The van der Waals surface area contributed by atoms with E-state index in [2.05, 4.69) is 0 Å². The summed E-state index contributed by atoms with van der Waals surface area (Å²) in [6, 6.07) is 9.65. The molecule has 1 saturated heterocycles. The zero-order valence-corrected chi connectivity index (χ0v) is 16.7. The van der Waals surface area contributed by atoms with E-state index in [4.69, 9.17) is 28.4 Å². The Hall–Kier alpha value is -3.09. The van der Waals surface area contributed by atoms with Gasteiger partial charge in [-0.25, -0.2) is 0 Å². The number of hydrogen-bond donors (Lipinski definition) is 0. The first-order valence-corrected chi connectivity index (χ1v) is 9.47. The largest absolute Gasteiger partial charge is 0.493 e. The van der Waals surface area contributed by atoms with E-state index in [1.165, 1.54) is 0 Å². The van der Waals surface area contributed by atoms with Crippen molar-refractivity contribution in [2.45, 2.75) is 12.8 Å². The van der Waals surface area contributed by atoms with E-state index in [9.17, 15) is 4.79 Å². The summed E-state index contributed by atoms with van der Waals surface area (Å²) in [5, 5.41) is 0. The van der Waals surface area contributed by atoms with Crippen LogP contribution in [-0.4, -0.2) is 40.7 Å². The maximum atomic E-state index is 12.4. The van der Waals surface area contributed by atoms with Gasteiger partial charge < -0.3 is 28.4 Å². The van der Waals surface area contributed by atoms with Crippen LogP contribution in [0.2, 0.25) is 0 Å². The molecule has 2 aliphatic heterocycles. The van der Waals surface area contributed by atoms with Crippen LogP contribution in [0.25, 0.3) is 0 Å². The summed E-state index contributed by atoms with van der Waals surface area (Å²) in [5.41, 5.74) is 2.02. The lowest BCUT2D eigenvalue weighted by atomic mass is 9.85. The number of esters is 1. The van der Waals surface area contributed by atoms with E-state index in [0.717, 1.165) is 29.0 Å². The summed E-state index contributed by atoms with van der Waals surface area (Å²) in [7, 11) is 4.72. The molecule has 0 spiro atoms. The molecule has 29 heavy (non-hydrogen) atoms. The Morgan fingerprint density at radius 2 is 1.59 bits per heavy atom. The molecule has 0 aliphatic carbocycles. The van der Waals surface area contributed by atoms with Gasteiger partial charge in [-0.3, -0.25) is 4.79 Å². The van der Waals surface area contributed by atoms with Crippen molar-refractivity contribution in [3.63, 3.8) is 0 Å². The smallest absolute Gasteiger partial charge is 0.309 e. The molecule has 0 bridgehead atoms. The average molecular weight is 400 g/mol. The van der Waals surface area contributed by atoms with Crippen LogP contribution in [0.5, 0.6) is 28.7 Å². The van der Waals surface area contributed by atoms with E-state index in [-0.39, 0.29) is 24.6 Å². The number of rotatable bonds is 7. The Morgan fingerprint density at radius 3 is 2.28 bits per heavy atom. The fourth-order valence-corrected chi connectivity index (χ4v) is 3.93. The first kappa shape index (κ1) is 19.2. The van der Waals surface area contributed by atoms with Gasteiger partial charge in [0.25, 0.3) is 0 Å². The molecule has 4 rings (SSSR count). The number of methoxy groups -OCH3 is 3. The molecule has 2 heterocycles. The van der Waals surface area contributed by atoms with Gasteiger partial charge in [-0.1, -0.05) is 6.07 Å². The van der Waals surface area contributed by atoms with Gasteiger partial charge in [0.1, 0.15) is 0 Å². The third-order valence-corrected chi connectivity index (χ3v) is 5.43. The number of hydrogen-bond acceptors (Lipinski definition) is 7. The van der Waals surface area contributed by atoms with E-state index < -0.39 is 0 Å². The molecule has 2 aromatic carbocycles. The van der Waals surface area contributed by atoms with E-state index in [1.807, 2.05) is 30.3 Å². The lowest BCUT2D eigenvalue weighted by molar-refractivity contribution is -0.141. The second-order valence-electron chi connectivity index (χ2n) is 7.13. The van der Waals surface area contributed by atoms with Crippen molar-refractivity contribution in [3.05, 3.63) is 41.5 Å². The molecule has 0 saturated carbocycles. The molecule has 2 aliphatic rings.